The zero-order valence-corrected chi connectivity index (χ0v) is 42.1. The number of pyridine rings is 1. The van der Waals surface area contributed by atoms with Gasteiger partial charge in [-0.05, 0) is 110 Å². The Bertz CT molecular complexity index is 2660. The van der Waals surface area contributed by atoms with Crippen LogP contribution in [-0.2, 0) is 66.0 Å². The summed E-state index contributed by atoms with van der Waals surface area (Å²) in [7, 11) is 7.22. The number of hydrazine groups is 1. The quantitative estimate of drug-likeness (QED) is 0.112. The van der Waals surface area contributed by atoms with Crippen molar-refractivity contribution in [3.05, 3.63) is 83.7 Å². The van der Waals surface area contributed by atoms with Crippen molar-refractivity contribution >= 4 is 40.5 Å². The Labute approximate surface area is 410 Å². The smallest absolute Gasteiger partial charge is 0.355 e. The highest BCUT2D eigenvalue weighted by Crippen LogP contribution is 2.42. The maximum absolute atomic E-state index is 14.8. The number of phenolic OH excluding ortho intramolecular Hbond substituents is 1. The van der Waals surface area contributed by atoms with Crippen molar-refractivity contribution in [1.82, 2.24) is 40.0 Å². The van der Waals surface area contributed by atoms with Crippen LogP contribution in [0.3, 0.4) is 0 Å². The highest BCUT2D eigenvalue weighted by molar-refractivity contribution is 5.96. The third-order valence-corrected chi connectivity index (χ3v) is 13.7. The predicted octanol–water partition coefficient (Wildman–Crippen LogP) is 4.79. The molecule has 0 spiro atoms. The molecule has 4 aromatic rings. The van der Waals surface area contributed by atoms with E-state index in [1.165, 1.54) is 11.0 Å². The van der Waals surface area contributed by atoms with E-state index in [1.54, 1.807) is 45.0 Å². The number of rotatable bonds is 12. The minimum atomic E-state index is -2.27. The molecule has 0 saturated carbocycles. The van der Waals surface area contributed by atoms with Crippen molar-refractivity contribution in [2.75, 3.05) is 54.5 Å². The molecule has 4 amide bonds. The van der Waals surface area contributed by atoms with Gasteiger partial charge in [-0.1, -0.05) is 46.4 Å². The van der Waals surface area contributed by atoms with Gasteiger partial charge in [0.1, 0.15) is 17.8 Å². The van der Waals surface area contributed by atoms with E-state index in [0.29, 0.717) is 43.6 Å². The van der Waals surface area contributed by atoms with Gasteiger partial charge in [0.25, 0.3) is 5.91 Å². The van der Waals surface area contributed by atoms with Crippen molar-refractivity contribution in [1.29, 1.82) is 0 Å². The summed E-state index contributed by atoms with van der Waals surface area (Å²) < 4.78 is 14.0. The van der Waals surface area contributed by atoms with Crippen LogP contribution >= 0.6 is 0 Å². The molecule has 4 N–H and O–H groups in total. The number of aromatic nitrogens is 2. The lowest BCUT2D eigenvalue weighted by atomic mass is 9.84. The number of aliphatic hydroxyl groups is 1. The number of fused-ring (bicyclic) bond motifs is 6. The number of carbonyl (C=O) groups is 5. The molecule has 0 unspecified atom stereocenters. The van der Waals surface area contributed by atoms with Crippen LogP contribution in [0.2, 0.25) is 0 Å². The number of amides is 4. The Kier molecular flexibility index (Phi) is 15.6. The number of nitrogens with zero attached hydrogens (tertiary/aromatic N) is 6. The second-order valence-electron chi connectivity index (χ2n) is 20.6. The van der Waals surface area contributed by atoms with Gasteiger partial charge >= 0.3 is 5.97 Å². The second-order valence-corrected chi connectivity index (χ2v) is 20.6. The number of cyclic esters (lactones) is 1. The molecule has 17 nitrogen and oxygen atoms in total. The number of benzene rings is 2. The van der Waals surface area contributed by atoms with Gasteiger partial charge in [-0.2, -0.15) is 5.43 Å². The number of carbonyl (C=O) groups excluding carboxylic acids is 5. The average molecular weight is 963 g/mol. The average Bonchev–Trinajstić information content (AvgIpc) is 3.92. The Morgan fingerprint density at radius 3 is 2.53 bits per heavy atom. The SMILES string of the molecule is C=CC(=O)N1CC[C@H](C(=O)N(C)[C@H](C(=O)N[C@H]2Cc3cc(O)cc(c3)-c3ccc4c(c3)c(c(-c3cc(CN(C)C)cnc3COC)n4CC)CC(C)(C)COC(=O)[C@@]3(O)CCCN(N3)C2=O)C(C)C)C1. The van der Waals surface area contributed by atoms with Crippen LogP contribution in [0.4, 0.5) is 0 Å². The van der Waals surface area contributed by atoms with Gasteiger partial charge in [0, 0.05) is 87.8 Å². The maximum atomic E-state index is 14.8. The summed E-state index contributed by atoms with van der Waals surface area (Å²) in [6.07, 6.45) is 4.05. The van der Waals surface area contributed by atoms with E-state index >= 15 is 0 Å². The number of phenols is 1. The van der Waals surface area contributed by atoms with Crippen LogP contribution in [0.15, 0.2) is 61.3 Å². The summed E-state index contributed by atoms with van der Waals surface area (Å²) in [6.45, 7) is 15.4. The molecule has 4 atom stereocenters. The topological polar surface area (TPSA) is 199 Å². The van der Waals surface area contributed by atoms with E-state index in [1.807, 2.05) is 46.3 Å². The summed E-state index contributed by atoms with van der Waals surface area (Å²) in [5.74, 6) is -3.74. The van der Waals surface area contributed by atoms with E-state index in [0.717, 1.165) is 49.6 Å². The third-order valence-electron chi connectivity index (χ3n) is 13.7. The number of likely N-dealkylation sites (tertiary alicyclic amines) is 1. The standard InChI is InChI=1S/C53H70N8O9/c1-11-45(63)59-19-16-36(29-59)49(65)58(9)46(32(3)4)48(64)55-42-23-33-20-37(24-38(62)21-33)35-14-15-44-39(25-35)41(26-52(5,6)31-70-51(67)53(68)17-13-18-61(56-53)50(42)66)47(60(44)12-2)40-22-34(28-57(7)8)27-54-43(40)30-69-10/h11,14-15,20-22,24-25,27,32,36,42,46,56,62,68H,1,12-13,16-19,23,26,28-31H2,2-10H3,(H,55,64)/t36-,42-,46-,53-/m0/s1. The molecule has 376 valence electrons. The van der Waals surface area contributed by atoms with Gasteiger partial charge in [0.15, 0.2) is 0 Å². The van der Waals surface area contributed by atoms with Crippen LogP contribution in [0.1, 0.15) is 76.3 Å². The molecule has 17 heteroatoms. The Balaban J connectivity index is 1.34. The largest absolute Gasteiger partial charge is 0.508 e. The maximum Gasteiger partial charge on any atom is 0.355 e. The molecule has 5 heterocycles. The lowest BCUT2D eigenvalue weighted by Gasteiger charge is -2.40. The van der Waals surface area contributed by atoms with Crippen molar-refractivity contribution < 1.29 is 43.7 Å². The van der Waals surface area contributed by atoms with Crippen molar-refractivity contribution in [2.24, 2.45) is 17.3 Å². The first-order valence-corrected chi connectivity index (χ1v) is 24.2. The first kappa shape index (κ1) is 51.7. The molecule has 7 rings (SSSR count). The van der Waals surface area contributed by atoms with Crippen molar-refractivity contribution in [3.8, 4) is 28.1 Å². The van der Waals surface area contributed by atoms with Crippen LogP contribution in [0.25, 0.3) is 33.3 Å². The number of likely N-dealkylation sites (N-methyl/N-ethyl adjacent to an activating group) is 1. The fourth-order valence-electron chi connectivity index (χ4n) is 10.4. The predicted molar refractivity (Wildman–Crippen MR) is 265 cm³/mol. The first-order valence-electron chi connectivity index (χ1n) is 24.2. The van der Waals surface area contributed by atoms with Crippen LogP contribution < -0.4 is 10.7 Å². The Hall–Kier alpha value is -6.14. The molecule has 2 saturated heterocycles. The number of hydrogen-bond acceptors (Lipinski definition) is 12. The monoisotopic (exact) mass is 963 g/mol. The van der Waals surface area contributed by atoms with E-state index in [2.05, 4.69) is 51.9 Å². The molecule has 0 radical (unpaired) electrons. The van der Waals surface area contributed by atoms with Crippen LogP contribution in [0, 0.1) is 17.3 Å². The number of esters is 1. The zero-order chi connectivity index (χ0) is 50.8. The Morgan fingerprint density at radius 2 is 1.84 bits per heavy atom. The highest BCUT2D eigenvalue weighted by Gasteiger charge is 2.46. The molecule has 2 aromatic carbocycles. The van der Waals surface area contributed by atoms with E-state index < -0.39 is 52.8 Å². The number of nitrogens with one attached hydrogen (secondary N) is 2. The van der Waals surface area contributed by atoms with Crippen LogP contribution in [-0.4, -0.2) is 141 Å². The van der Waals surface area contributed by atoms with E-state index in [-0.39, 0.29) is 63.1 Å². The number of aromatic hydroxyl groups is 1. The van der Waals surface area contributed by atoms with E-state index in [4.69, 9.17) is 14.5 Å². The normalized spacial score (nSPS) is 21.1. The van der Waals surface area contributed by atoms with Crippen LogP contribution in [0.5, 0.6) is 5.75 Å². The fraction of sp³-hybridized carbons (Fsp3) is 0.509. The van der Waals surface area contributed by atoms with Gasteiger partial charge in [-0.15, -0.1) is 0 Å². The highest BCUT2D eigenvalue weighted by atomic mass is 16.6. The van der Waals surface area contributed by atoms with E-state index in [9.17, 15) is 34.2 Å². The molecule has 3 aliphatic rings. The number of aryl methyl sites for hydroxylation is 1. The van der Waals surface area contributed by atoms with Crippen molar-refractivity contribution in [2.45, 2.75) is 104 Å². The van der Waals surface area contributed by atoms with Gasteiger partial charge in [-0.3, -0.25) is 29.2 Å². The minimum Gasteiger partial charge on any atom is -0.508 e. The molecule has 70 heavy (non-hydrogen) atoms. The summed E-state index contributed by atoms with van der Waals surface area (Å²) >= 11 is 0. The third kappa shape index (κ3) is 10.9. The summed E-state index contributed by atoms with van der Waals surface area (Å²) in [4.78, 5) is 79.7. The summed E-state index contributed by atoms with van der Waals surface area (Å²) in [6, 6.07) is 11.1. The summed E-state index contributed by atoms with van der Waals surface area (Å²) in [5.41, 5.74) is 7.42. The fourth-order valence-corrected chi connectivity index (χ4v) is 10.4. The molecule has 2 fully saturated rings. The molecular formula is C53H70N8O9. The Morgan fingerprint density at radius 1 is 1.09 bits per heavy atom. The minimum absolute atomic E-state index is 0.0439. The number of hydrogen-bond donors (Lipinski definition) is 4. The molecule has 6 bridgehead atoms. The summed E-state index contributed by atoms with van der Waals surface area (Å²) in [5, 5.41) is 28.4. The zero-order valence-electron chi connectivity index (χ0n) is 42.1. The van der Waals surface area contributed by atoms with Gasteiger partial charge < -0.3 is 44.3 Å². The molecule has 0 aliphatic carbocycles. The van der Waals surface area contributed by atoms with Gasteiger partial charge in [-0.25, -0.2) is 4.79 Å². The number of ether oxygens (including phenoxy) is 2. The second kappa shape index (κ2) is 21.1. The first-order chi connectivity index (χ1) is 33.2. The lowest BCUT2D eigenvalue weighted by Crippen LogP contribution is -2.67. The number of methoxy groups -OCH3 is 1. The molecule has 2 aromatic heterocycles. The van der Waals surface area contributed by atoms with Gasteiger partial charge in [0.05, 0.1) is 30.5 Å². The van der Waals surface area contributed by atoms with Gasteiger partial charge in [0.2, 0.25) is 23.4 Å². The molecular weight excluding hydrogens is 893 g/mol. The lowest BCUT2D eigenvalue weighted by molar-refractivity contribution is -0.189. The molecule has 3 aliphatic heterocycles. The van der Waals surface area contributed by atoms with Crippen molar-refractivity contribution in [3.63, 3.8) is 0 Å².